The van der Waals surface area contributed by atoms with E-state index in [9.17, 15) is 13.6 Å². The Bertz CT molecular complexity index is 1150. The second-order valence-electron chi connectivity index (χ2n) is 9.01. The van der Waals surface area contributed by atoms with Crippen LogP contribution in [-0.4, -0.2) is 32.8 Å². The lowest BCUT2D eigenvalue weighted by Crippen LogP contribution is -2.26. The quantitative estimate of drug-likeness (QED) is 0.511. The molecule has 1 atom stereocenters. The molecule has 3 aromatic rings. The molecule has 0 saturated heterocycles. The standard InChI is InChI=1S/C25H31F2N3O2/c1-5-32-17(3)14-30-22-13-19(20-12-16(2)24(31)29(4)15-20)6-7-21(22)28-23(30)18-8-10-25(26,27)11-9-18/h6-7,12-13,15,17-18H,5,8-11,14H2,1-4H3/t17-/m0/s1. The van der Waals surface area contributed by atoms with Gasteiger partial charge in [0.15, 0.2) is 0 Å². The maximum absolute atomic E-state index is 13.8. The molecule has 4 rings (SSSR count). The van der Waals surface area contributed by atoms with Crippen LogP contribution in [0.3, 0.4) is 0 Å². The average Bonchev–Trinajstić information content (AvgIpc) is 3.09. The van der Waals surface area contributed by atoms with Crippen molar-refractivity contribution in [3.8, 4) is 11.1 Å². The maximum Gasteiger partial charge on any atom is 0.253 e. The number of alkyl halides is 2. The van der Waals surface area contributed by atoms with Crippen molar-refractivity contribution in [1.29, 1.82) is 0 Å². The smallest absolute Gasteiger partial charge is 0.253 e. The summed E-state index contributed by atoms with van der Waals surface area (Å²) >= 11 is 0. The number of pyridine rings is 1. The molecule has 1 saturated carbocycles. The number of hydrogen-bond donors (Lipinski definition) is 0. The van der Waals surface area contributed by atoms with E-state index in [0.717, 1.165) is 28.0 Å². The lowest BCUT2D eigenvalue weighted by Gasteiger charge is -2.28. The van der Waals surface area contributed by atoms with Gasteiger partial charge in [0, 0.05) is 44.2 Å². The molecule has 0 aliphatic heterocycles. The van der Waals surface area contributed by atoms with Crippen LogP contribution in [-0.2, 0) is 18.3 Å². The molecule has 0 radical (unpaired) electrons. The summed E-state index contributed by atoms with van der Waals surface area (Å²) in [5.74, 6) is -1.69. The Balaban J connectivity index is 1.79. The SMILES string of the molecule is CCO[C@@H](C)Cn1c(C2CCC(F)(F)CC2)nc2ccc(-c3cc(C)c(=O)n(C)c3)cc21. The summed E-state index contributed by atoms with van der Waals surface area (Å²) in [5, 5.41) is 0. The number of fused-ring (bicyclic) bond motifs is 1. The van der Waals surface area contributed by atoms with E-state index < -0.39 is 5.92 Å². The van der Waals surface area contributed by atoms with Crippen LogP contribution in [0.2, 0.25) is 0 Å². The number of hydrogen-bond acceptors (Lipinski definition) is 3. The highest BCUT2D eigenvalue weighted by molar-refractivity contribution is 5.82. The summed E-state index contributed by atoms with van der Waals surface area (Å²) < 4.78 is 37.1. The summed E-state index contributed by atoms with van der Waals surface area (Å²) in [6, 6.07) is 7.97. The number of benzene rings is 1. The van der Waals surface area contributed by atoms with Crippen molar-refractivity contribution in [2.45, 2.75) is 70.9 Å². The molecule has 1 aliphatic carbocycles. The number of aromatic nitrogens is 3. The number of imidazole rings is 1. The van der Waals surface area contributed by atoms with E-state index in [1.54, 1.807) is 11.6 Å². The fourth-order valence-electron chi connectivity index (χ4n) is 4.75. The summed E-state index contributed by atoms with van der Waals surface area (Å²) in [5.41, 5.74) is 4.44. The van der Waals surface area contributed by atoms with Crippen LogP contribution in [0.1, 0.15) is 56.8 Å². The molecular formula is C25H31F2N3O2. The van der Waals surface area contributed by atoms with E-state index in [-0.39, 0.29) is 30.4 Å². The summed E-state index contributed by atoms with van der Waals surface area (Å²) in [7, 11) is 1.75. The van der Waals surface area contributed by atoms with Crippen molar-refractivity contribution in [3.05, 3.63) is 52.2 Å². The van der Waals surface area contributed by atoms with Crippen LogP contribution in [0.25, 0.3) is 22.2 Å². The summed E-state index contributed by atoms with van der Waals surface area (Å²) in [4.78, 5) is 17.0. The van der Waals surface area contributed by atoms with Gasteiger partial charge in [-0.3, -0.25) is 4.79 Å². The van der Waals surface area contributed by atoms with Gasteiger partial charge in [0.1, 0.15) is 5.82 Å². The van der Waals surface area contributed by atoms with Gasteiger partial charge in [-0.2, -0.15) is 0 Å². The largest absolute Gasteiger partial charge is 0.377 e. The molecule has 0 amide bonds. The summed E-state index contributed by atoms with van der Waals surface area (Å²) in [6.07, 6.45) is 2.50. The Morgan fingerprint density at radius 1 is 1.22 bits per heavy atom. The van der Waals surface area contributed by atoms with Crippen molar-refractivity contribution in [1.82, 2.24) is 14.1 Å². The van der Waals surface area contributed by atoms with Crippen LogP contribution in [0.4, 0.5) is 8.78 Å². The molecule has 2 heterocycles. The Morgan fingerprint density at radius 3 is 2.59 bits per heavy atom. The van der Waals surface area contributed by atoms with E-state index in [1.165, 1.54) is 0 Å². The molecular weight excluding hydrogens is 412 g/mol. The number of halogens is 2. The number of nitrogens with zero attached hydrogens (tertiary/aromatic N) is 3. The predicted octanol–water partition coefficient (Wildman–Crippen LogP) is 5.43. The van der Waals surface area contributed by atoms with Crippen LogP contribution in [0.5, 0.6) is 0 Å². The van der Waals surface area contributed by atoms with Gasteiger partial charge in [0.05, 0.1) is 23.7 Å². The van der Waals surface area contributed by atoms with Gasteiger partial charge in [-0.15, -0.1) is 0 Å². The van der Waals surface area contributed by atoms with Gasteiger partial charge >= 0.3 is 0 Å². The lowest BCUT2D eigenvalue weighted by molar-refractivity contribution is -0.0391. The third-order valence-electron chi connectivity index (χ3n) is 6.45. The topological polar surface area (TPSA) is 49.1 Å². The first-order valence-electron chi connectivity index (χ1n) is 11.4. The number of ether oxygens (including phenoxy) is 1. The highest BCUT2D eigenvalue weighted by Gasteiger charge is 2.37. The molecule has 0 unspecified atom stereocenters. The van der Waals surface area contributed by atoms with E-state index >= 15 is 0 Å². The minimum atomic E-state index is -2.57. The fourth-order valence-corrected chi connectivity index (χ4v) is 4.75. The van der Waals surface area contributed by atoms with Crippen molar-refractivity contribution in [2.24, 2.45) is 7.05 Å². The van der Waals surface area contributed by atoms with Gasteiger partial charge in [0.2, 0.25) is 5.92 Å². The van der Waals surface area contributed by atoms with E-state index in [2.05, 4.69) is 10.6 Å². The molecule has 0 N–H and O–H groups in total. The molecule has 7 heteroatoms. The first kappa shape index (κ1) is 22.6. The van der Waals surface area contributed by atoms with Crippen LogP contribution < -0.4 is 5.56 Å². The molecule has 0 bridgehead atoms. The van der Waals surface area contributed by atoms with Gasteiger partial charge in [-0.05, 0) is 62.9 Å². The molecule has 2 aromatic heterocycles. The zero-order chi connectivity index (χ0) is 23.0. The third kappa shape index (κ3) is 4.49. The van der Waals surface area contributed by atoms with Crippen LogP contribution in [0.15, 0.2) is 35.3 Å². The van der Waals surface area contributed by atoms with Gasteiger partial charge in [0.25, 0.3) is 5.56 Å². The van der Waals surface area contributed by atoms with Crippen molar-refractivity contribution >= 4 is 11.0 Å². The fraction of sp³-hybridized carbons (Fsp3) is 0.520. The molecule has 32 heavy (non-hydrogen) atoms. The molecule has 5 nitrogen and oxygen atoms in total. The molecule has 1 aliphatic rings. The molecule has 172 valence electrons. The van der Waals surface area contributed by atoms with Crippen LogP contribution in [0, 0.1) is 6.92 Å². The average molecular weight is 444 g/mol. The Hall–Kier alpha value is -2.54. The van der Waals surface area contributed by atoms with Crippen molar-refractivity contribution in [2.75, 3.05) is 6.61 Å². The summed E-state index contributed by atoms with van der Waals surface area (Å²) in [6.45, 7) is 7.03. The van der Waals surface area contributed by atoms with Crippen molar-refractivity contribution in [3.63, 3.8) is 0 Å². The Labute approximate surface area is 187 Å². The molecule has 0 spiro atoms. The number of rotatable bonds is 6. The number of aryl methyl sites for hydroxylation is 2. The molecule has 1 fully saturated rings. The minimum Gasteiger partial charge on any atom is -0.377 e. The maximum atomic E-state index is 13.8. The monoisotopic (exact) mass is 443 g/mol. The first-order chi connectivity index (χ1) is 15.2. The van der Waals surface area contributed by atoms with Crippen molar-refractivity contribution < 1.29 is 13.5 Å². The van der Waals surface area contributed by atoms with E-state index in [1.807, 2.05) is 45.2 Å². The van der Waals surface area contributed by atoms with Gasteiger partial charge in [-0.1, -0.05) is 6.07 Å². The van der Waals surface area contributed by atoms with E-state index in [0.29, 0.717) is 31.6 Å². The van der Waals surface area contributed by atoms with E-state index in [4.69, 9.17) is 9.72 Å². The second kappa shape index (κ2) is 8.77. The Kier molecular flexibility index (Phi) is 6.21. The second-order valence-corrected chi connectivity index (χ2v) is 9.01. The highest BCUT2D eigenvalue weighted by Crippen LogP contribution is 2.41. The normalized spacial score (nSPS) is 17.7. The molecule has 1 aromatic carbocycles. The van der Waals surface area contributed by atoms with Crippen LogP contribution >= 0.6 is 0 Å². The minimum absolute atomic E-state index is 0.0122. The highest BCUT2D eigenvalue weighted by atomic mass is 19.3. The zero-order valence-electron chi connectivity index (χ0n) is 19.2. The third-order valence-corrected chi connectivity index (χ3v) is 6.45. The zero-order valence-corrected chi connectivity index (χ0v) is 19.2. The van der Waals surface area contributed by atoms with Gasteiger partial charge in [-0.25, -0.2) is 13.8 Å². The van der Waals surface area contributed by atoms with Gasteiger partial charge < -0.3 is 13.9 Å². The lowest BCUT2D eigenvalue weighted by atomic mass is 9.86. The predicted molar refractivity (Wildman–Crippen MR) is 122 cm³/mol. The Morgan fingerprint density at radius 2 is 1.94 bits per heavy atom. The first-order valence-corrected chi connectivity index (χ1v) is 11.4.